The second kappa shape index (κ2) is 7.20. The Labute approximate surface area is 107 Å². The number of hydrogen-bond acceptors (Lipinski definition) is 3. The fraction of sp³-hybridized carbons (Fsp3) is 0.833. The number of aliphatic carboxylic acids is 1. The summed E-state index contributed by atoms with van der Waals surface area (Å²) in [5, 5.41) is 11.5. The van der Waals surface area contributed by atoms with Crippen LogP contribution in [-0.4, -0.2) is 54.4 Å². The monoisotopic (exact) mass is 258 g/mol. The minimum atomic E-state index is -0.890. The van der Waals surface area contributed by atoms with Gasteiger partial charge in [-0.05, 0) is 20.3 Å². The third-order valence-corrected chi connectivity index (χ3v) is 3.29. The highest BCUT2D eigenvalue weighted by atomic mass is 16.5. The van der Waals surface area contributed by atoms with Gasteiger partial charge in [0.2, 0.25) is 0 Å². The fourth-order valence-electron chi connectivity index (χ4n) is 1.98. The van der Waals surface area contributed by atoms with Crippen LogP contribution in [0, 0.1) is 5.92 Å². The van der Waals surface area contributed by atoms with E-state index in [1.165, 1.54) is 4.90 Å². The second-order valence-corrected chi connectivity index (χ2v) is 4.59. The Morgan fingerprint density at radius 2 is 2.28 bits per heavy atom. The molecule has 0 aromatic rings. The molecule has 0 radical (unpaired) electrons. The summed E-state index contributed by atoms with van der Waals surface area (Å²) >= 11 is 0. The first-order valence-corrected chi connectivity index (χ1v) is 6.39. The Bertz CT molecular complexity index is 290. The summed E-state index contributed by atoms with van der Waals surface area (Å²) in [7, 11) is 0. The number of carbonyl (C=O) groups excluding carboxylic acids is 1. The lowest BCUT2D eigenvalue weighted by atomic mass is 10.0. The van der Waals surface area contributed by atoms with Gasteiger partial charge in [0.25, 0.3) is 0 Å². The van der Waals surface area contributed by atoms with Gasteiger partial charge in [-0.3, -0.25) is 4.79 Å². The van der Waals surface area contributed by atoms with Gasteiger partial charge in [0.1, 0.15) is 0 Å². The van der Waals surface area contributed by atoms with E-state index in [9.17, 15) is 9.59 Å². The molecule has 2 unspecified atom stereocenters. The molecule has 6 heteroatoms. The zero-order chi connectivity index (χ0) is 13.5. The van der Waals surface area contributed by atoms with Crippen molar-refractivity contribution in [1.29, 1.82) is 0 Å². The third-order valence-electron chi connectivity index (χ3n) is 3.29. The first-order chi connectivity index (χ1) is 8.54. The van der Waals surface area contributed by atoms with Crippen molar-refractivity contribution >= 4 is 12.0 Å². The zero-order valence-corrected chi connectivity index (χ0v) is 11.0. The van der Waals surface area contributed by atoms with Crippen LogP contribution in [0.2, 0.25) is 0 Å². The Balaban J connectivity index is 2.38. The standard InChI is InChI=1S/C12H22N2O4/c1-3-14(6-4-11(15)16)12(17)13-9(2)10-5-7-18-8-10/h9-10H,3-8H2,1-2H3,(H,13,17)(H,15,16). The third kappa shape index (κ3) is 4.52. The molecule has 1 fully saturated rings. The van der Waals surface area contributed by atoms with Crippen molar-refractivity contribution < 1.29 is 19.4 Å². The highest BCUT2D eigenvalue weighted by Gasteiger charge is 2.24. The summed E-state index contributed by atoms with van der Waals surface area (Å²) in [5.74, 6) is -0.536. The van der Waals surface area contributed by atoms with Crippen LogP contribution in [0.4, 0.5) is 4.79 Å². The highest BCUT2D eigenvalue weighted by Crippen LogP contribution is 2.16. The number of nitrogens with zero attached hydrogens (tertiary/aromatic N) is 1. The van der Waals surface area contributed by atoms with Crippen molar-refractivity contribution in [1.82, 2.24) is 10.2 Å². The van der Waals surface area contributed by atoms with E-state index in [2.05, 4.69) is 5.32 Å². The molecule has 0 saturated carbocycles. The van der Waals surface area contributed by atoms with E-state index in [4.69, 9.17) is 9.84 Å². The molecular weight excluding hydrogens is 236 g/mol. The number of urea groups is 1. The molecule has 18 heavy (non-hydrogen) atoms. The minimum absolute atomic E-state index is 0.0256. The quantitative estimate of drug-likeness (QED) is 0.742. The molecule has 2 amide bonds. The average molecular weight is 258 g/mol. The molecule has 104 valence electrons. The van der Waals surface area contributed by atoms with Gasteiger partial charge in [-0.1, -0.05) is 0 Å². The number of rotatable bonds is 6. The van der Waals surface area contributed by atoms with Gasteiger partial charge in [0.05, 0.1) is 13.0 Å². The van der Waals surface area contributed by atoms with Gasteiger partial charge in [0, 0.05) is 31.7 Å². The van der Waals surface area contributed by atoms with Gasteiger partial charge >= 0.3 is 12.0 Å². The van der Waals surface area contributed by atoms with Gasteiger partial charge < -0.3 is 20.1 Å². The van der Waals surface area contributed by atoms with Crippen LogP contribution in [0.5, 0.6) is 0 Å². The lowest BCUT2D eigenvalue weighted by molar-refractivity contribution is -0.137. The number of nitrogens with one attached hydrogen (secondary N) is 1. The summed E-state index contributed by atoms with van der Waals surface area (Å²) in [6.45, 7) is 5.98. The summed E-state index contributed by atoms with van der Waals surface area (Å²) in [6.07, 6.45) is 0.935. The number of carboxylic acids is 1. The lowest BCUT2D eigenvalue weighted by Crippen LogP contribution is -2.47. The number of amides is 2. The molecule has 0 aromatic heterocycles. The smallest absolute Gasteiger partial charge is 0.317 e. The van der Waals surface area contributed by atoms with Crippen molar-refractivity contribution in [3.63, 3.8) is 0 Å². The van der Waals surface area contributed by atoms with E-state index in [1.54, 1.807) is 0 Å². The molecule has 2 atom stereocenters. The van der Waals surface area contributed by atoms with E-state index >= 15 is 0 Å². The topological polar surface area (TPSA) is 78.9 Å². The van der Waals surface area contributed by atoms with Crippen molar-refractivity contribution in [2.45, 2.75) is 32.7 Å². The van der Waals surface area contributed by atoms with Crippen LogP contribution in [0.15, 0.2) is 0 Å². The first-order valence-electron chi connectivity index (χ1n) is 6.39. The van der Waals surface area contributed by atoms with Crippen molar-refractivity contribution in [2.24, 2.45) is 5.92 Å². The molecule has 1 heterocycles. The molecule has 6 nitrogen and oxygen atoms in total. The Hall–Kier alpha value is -1.30. The van der Waals surface area contributed by atoms with Gasteiger partial charge in [-0.2, -0.15) is 0 Å². The highest BCUT2D eigenvalue weighted by molar-refractivity contribution is 5.75. The molecule has 2 N–H and O–H groups in total. The number of hydrogen-bond donors (Lipinski definition) is 2. The first kappa shape index (κ1) is 14.8. The number of carbonyl (C=O) groups is 2. The van der Waals surface area contributed by atoms with Crippen molar-refractivity contribution in [3.8, 4) is 0 Å². The summed E-state index contributed by atoms with van der Waals surface area (Å²) < 4.78 is 5.28. The Morgan fingerprint density at radius 3 is 2.78 bits per heavy atom. The lowest BCUT2D eigenvalue weighted by Gasteiger charge is -2.25. The zero-order valence-electron chi connectivity index (χ0n) is 11.0. The second-order valence-electron chi connectivity index (χ2n) is 4.59. The molecule has 1 rings (SSSR count). The van der Waals surface area contributed by atoms with Crippen LogP contribution < -0.4 is 5.32 Å². The van der Waals surface area contributed by atoms with Crippen molar-refractivity contribution in [3.05, 3.63) is 0 Å². The summed E-state index contributed by atoms with van der Waals surface area (Å²) in [5.41, 5.74) is 0. The molecule has 0 spiro atoms. The average Bonchev–Trinajstić information content (AvgIpc) is 2.82. The minimum Gasteiger partial charge on any atom is -0.481 e. The van der Waals surface area contributed by atoms with Crippen molar-refractivity contribution in [2.75, 3.05) is 26.3 Å². The van der Waals surface area contributed by atoms with Gasteiger partial charge in [0.15, 0.2) is 0 Å². The Morgan fingerprint density at radius 1 is 1.56 bits per heavy atom. The fourth-order valence-corrected chi connectivity index (χ4v) is 1.98. The van der Waals surface area contributed by atoms with Crippen LogP contribution >= 0.6 is 0 Å². The van der Waals surface area contributed by atoms with E-state index in [-0.39, 0.29) is 25.0 Å². The van der Waals surface area contributed by atoms with Gasteiger partial charge in [-0.25, -0.2) is 4.79 Å². The maximum atomic E-state index is 11.9. The number of ether oxygens (including phenoxy) is 1. The normalized spacial score (nSPS) is 20.4. The summed E-state index contributed by atoms with van der Waals surface area (Å²) in [4.78, 5) is 23.9. The molecule has 1 aliphatic heterocycles. The van der Waals surface area contributed by atoms with Crippen LogP contribution in [-0.2, 0) is 9.53 Å². The van der Waals surface area contributed by atoms with E-state index < -0.39 is 5.97 Å². The molecule has 0 aliphatic carbocycles. The largest absolute Gasteiger partial charge is 0.481 e. The molecule has 1 aliphatic rings. The summed E-state index contributed by atoms with van der Waals surface area (Å²) in [6, 6.07) is -0.142. The maximum absolute atomic E-state index is 11.9. The molecule has 1 saturated heterocycles. The van der Waals surface area contributed by atoms with E-state index in [0.29, 0.717) is 19.1 Å². The molecular formula is C12H22N2O4. The van der Waals surface area contributed by atoms with E-state index in [0.717, 1.165) is 13.0 Å². The van der Waals surface area contributed by atoms with Crippen LogP contribution in [0.25, 0.3) is 0 Å². The van der Waals surface area contributed by atoms with Gasteiger partial charge in [-0.15, -0.1) is 0 Å². The molecule has 0 aromatic carbocycles. The Kier molecular flexibility index (Phi) is 5.91. The molecule has 0 bridgehead atoms. The van der Waals surface area contributed by atoms with Crippen LogP contribution in [0.3, 0.4) is 0 Å². The SMILES string of the molecule is CCN(CCC(=O)O)C(=O)NC(C)C1CCOC1. The maximum Gasteiger partial charge on any atom is 0.317 e. The number of carboxylic acid groups (broad SMARTS) is 1. The predicted octanol–water partition coefficient (Wildman–Crippen LogP) is 0.918. The van der Waals surface area contributed by atoms with Crippen LogP contribution in [0.1, 0.15) is 26.7 Å². The van der Waals surface area contributed by atoms with E-state index in [1.807, 2.05) is 13.8 Å². The predicted molar refractivity (Wildman–Crippen MR) is 66.4 cm³/mol.